The smallest absolute Gasteiger partial charge is 0.0795 e. The van der Waals surface area contributed by atoms with Gasteiger partial charge in [0.05, 0.1) is 11.2 Å². The highest BCUT2D eigenvalue weighted by Crippen LogP contribution is 2.17. The zero-order valence-electron chi connectivity index (χ0n) is 8.57. The Balaban J connectivity index is 1.60. The van der Waals surface area contributed by atoms with E-state index in [0.717, 1.165) is 25.7 Å². The molecule has 0 aliphatic heterocycles. The van der Waals surface area contributed by atoms with Crippen LogP contribution >= 0.6 is 11.3 Å². The SMILES string of the molecule is CN(CCNC1CC1)Cc1cscn1. The van der Waals surface area contributed by atoms with Crippen molar-refractivity contribution in [3.05, 3.63) is 16.6 Å². The number of thiazole rings is 1. The van der Waals surface area contributed by atoms with Crippen molar-refractivity contribution in [2.75, 3.05) is 20.1 Å². The van der Waals surface area contributed by atoms with Crippen LogP contribution in [0.15, 0.2) is 10.9 Å². The third-order valence-corrected chi connectivity index (χ3v) is 3.05. The van der Waals surface area contributed by atoms with Gasteiger partial charge in [-0.2, -0.15) is 0 Å². The number of hydrogen-bond donors (Lipinski definition) is 1. The summed E-state index contributed by atoms with van der Waals surface area (Å²) in [5.74, 6) is 0. The molecule has 0 radical (unpaired) electrons. The van der Waals surface area contributed by atoms with Crippen molar-refractivity contribution in [1.29, 1.82) is 0 Å². The molecule has 1 aliphatic carbocycles. The van der Waals surface area contributed by atoms with Gasteiger partial charge >= 0.3 is 0 Å². The first-order valence-electron chi connectivity index (χ1n) is 5.13. The summed E-state index contributed by atoms with van der Waals surface area (Å²) in [6.45, 7) is 3.18. The number of likely N-dealkylation sites (N-methyl/N-ethyl adjacent to an activating group) is 1. The van der Waals surface area contributed by atoms with Crippen LogP contribution in [0.5, 0.6) is 0 Å². The van der Waals surface area contributed by atoms with Crippen LogP contribution < -0.4 is 5.32 Å². The Kier molecular flexibility index (Phi) is 3.50. The second kappa shape index (κ2) is 4.87. The van der Waals surface area contributed by atoms with Crippen molar-refractivity contribution in [2.45, 2.75) is 25.4 Å². The van der Waals surface area contributed by atoms with Crippen molar-refractivity contribution in [2.24, 2.45) is 0 Å². The van der Waals surface area contributed by atoms with E-state index in [2.05, 4.69) is 27.6 Å². The summed E-state index contributed by atoms with van der Waals surface area (Å²) in [6.07, 6.45) is 2.74. The molecule has 1 saturated carbocycles. The van der Waals surface area contributed by atoms with Gasteiger partial charge in [0, 0.05) is 31.1 Å². The third-order valence-electron chi connectivity index (χ3n) is 2.42. The van der Waals surface area contributed by atoms with Crippen LogP contribution in [0.4, 0.5) is 0 Å². The molecule has 0 aromatic carbocycles. The lowest BCUT2D eigenvalue weighted by molar-refractivity contribution is 0.321. The Hall–Kier alpha value is -0.450. The lowest BCUT2D eigenvalue weighted by atomic mass is 10.4. The fourth-order valence-electron chi connectivity index (χ4n) is 1.42. The normalized spacial score (nSPS) is 16.4. The van der Waals surface area contributed by atoms with E-state index >= 15 is 0 Å². The Morgan fingerprint density at radius 3 is 3.14 bits per heavy atom. The van der Waals surface area contributed by atoms with Crippen LogP contribution in [-0.2, 0) is 6.54 Å². The quantitative estimate of drug-likeness (QED) is 0.769. The van der Waals surface area contributed by atoms with Gasteiger partial charge in [-0.1, -0.05) is 0 Å². The van der Waals surface area contributed by atoms with Gasteiger partial charge in [-0.25, -0.2) is 4.98 Å². The van der Waals surface area contributed by atoms with Crippen LogP contribution in [0.3, 0.4) is 0 Å². The monoisotopic (exact) mass is 211 g/mol. The predicted octanol–water partition coefficient (Wildman–Crippen LogP) is 1.33. The van der Waals surface area contributed by atoms with Crippen LogP contribution in [0.25, 0.3) is 0 Å². The second-order valence-electron chi connectivity index (χ2n) is 3.95. The molecule has 14 heavy (non-hydrogen) atoms. The van der Waals surface area contributed by atoms with E-state index in [9.17, 15) is 0 Å². The highest BCUT2D eigenvalue weighted by atomic mass is 32.1. The Morgan fingerprint density at radius 2 is 2.50 bits per heavy atom. The van der Waals surface area contributed by atoms with E-state index < -0.39 is 0 Å². The lowest BCUT2D eigenvalue weighted by Gasteiger charge is -2.15. The minimum atomic E-state index is 0.822. The highest BCUT2D eigenvalue weighted by molar-refractivity contribution is 7.07. The van der Waals surface area contributed by atoms with Gasteiger partial charge in [-0.05, 0) is 19.9 Å². The van der Waals surface area contributed by atoms with Gasteiger partial charge in [-0.3, -0.25) is 4.90 Å². The maximum Gasteiger partial charge on any atom is 0.0795 e. The second-order valence-corrected chi connectivity index (χ2v) is 4.66. The van der Waals surface area contributed by atoms with Gasteiger partial charge < -0.3 is 5.32 Å². The van der Waals surface area contributed by atoms with E-state index in [4.69, 9.17) is 0 Å². The molecule has 4 heteroatoms. The molecule has 1 heterocycles. The molecular formula is C10H17N3S. The van der Waals surface area contributed by atoms with E-state index in [1.54, 1.807) is 11.3 Å². The molecule has 1 aromatic rings. The van der Waals surface area contributed by atoms with Crippen molar-refractivity contribution in [1.82, 2.24) is 15.2 Å². The summed E-state index contributed by atoms with van der Waals surface area (Å²) in [5, 5.41) is 5.62. The molecule has 3 nitrogen and oxygen atoms in total. The summed E-state index contributed by atoms with van der Waals surface area (Å²) in [4.78, 5) is 6.58. The average Bonchev–Trinajstić information content (AvgIpc) is 2.83. The Morgan fingerprint density at radius 1 is 1.64 bits per heavy atom. The van der Waals surface area contributed by atoms with E-state index in [1.807, 2.05) is 5.51 Å². The average molecular weight is 211 g/mol. The fourth-order valence-corrected chi connectivity index (χ4v) is 1.97. The molecule has 0 bridgehead atoms. The molecule has 0 unspecified atom stereocenters. The maximum atomic E-state index is 4.27. The summed E-state index contributed by atoms with van der Waals surface area (Å²) in [6, 6.07) is 0.822. The van der Waals surface area contributed by atoms with Crippen LogP contribution in [0.1, 0.15) is 18.5 Å². The highest BCUT2D eigenvalue weighted by Gasteiger charge is 2.19. The molecule has 0 spiro atoms. The standard InChI is InChI=1S/C10H17N3S/c1-13(5-4-11-9-2-3-9)6-10-7-14-8-12-10/h7-9,11H,2-6H2,1H3. The number of rotatable bonds is 6. The van der Waals surface area contributed by atoms with Crippen molar-refractivity contribution < 1.29 is 0 Å². The molecule has 0 saturated heterocycles. The first kappa shape index (κ1) is 10.1. The van der Waals surface area contributed by atoms with Crippen molar-refractivity contribution >= 4 is 11.3 Å². The Bertz CT molecular complexity index is 256. The van der Waals surface area contributed by atoms with Crippen LogP contribution in [-0.4, -0.2) is 36.1 Å². The summed E-state index contributed by atoms with van der Waals surface area (Å²) in [7, 11) is 2.15. The molecule has 1 aliphatic rings. The van der Waals surface area contributed by atoms with E-state index in [1.165, 1.54) is 18.5 Å². The molecule has 1 N–H and O–H groups in total. The third kappa shape index (κ3) is 3.36. The molecule has 2 rings (SSSR count). The van der Waals surface area contributed by atoms with Gasteiger partial charge in [0.2, 0.25) is 0 Å². The predicted molar refractivity (Wildman–Crippen MR) is 59.5 cm³/mol. The van der Waals surface area contributed by atoms with Crippen LogP contribution in [0.2, 0.25) is 0 Å². The first-order valence-corrected chi connectivity index (χ1v) is 6.08. The first-order chi connectivity index (χ1) is 6.84. The molecule has 1 aromatic heterocycles. The zero-order valence-corrected chi connectivity index (χ0v) is 9.39. The maximum absolute atomic E-state index is 4.27. The zero-order chi connectivity index (χ0) is 9.80. The lowest BCUT2D eigenvalue weighted by Crippen LogP contribution is -2.30. The largest absolute Gasteiger partial charge is 0.313 e. The fraction of sp³-hybridized carbons (Fsp3) is 0.700. The topological polar surface area (TPSA) is 28.2 Å². The van der Waals surface area contributed by atoms with E-state index in [-0.39, 0.29) is 0 Å². The number of nitrogens with one attached hydrogen (secondary N) is 1. The molecule has 78 valence electrons. The van der Waals surface area contributed by atoms with Crippen molar-refractivity contribution in [3.63, 3.8) is 0 Å². The summed E-state index contributed by atoms with van der Waals surface area (Å²) >= 11 is 1.67. The number of nitrogens with zero attached hydrogens (tertiary/aromatic N) is 2. The van der Waals surface area contributed by atoms with Gasteiger partial charge in [0.25, 0.3) is 0 Å². The summed E-state index contributed by atoms with van der Waals surface area (Å²) < 4.78 is 0. The molecule has 0 atom stereocenters. The Labute approximate surface area is 89.1 Å². The molecule has 0 amide bonds. The number of aromatic nitrogens is 1. The molecular weight excluding hydrogens is 194 g/mol. The molecule has 1 fully saturated rings. The minimum Gasteiger partial charge on any atom is -0.313 e. The number of hydrogen-bond acceptors (Lipinski definition) is 4. The van der Waals surface area contributed by atoms with Gasteiger partial charge in [0.15, 0.2) is 0 Å². The van der Waals surface area contributed by atoms with Crippen molar-refractivity contribution in [3.8, 4) is 0 Å². The van der Waals surface area contributed by atoms with Crippen LogP contribution in [0, 0.1) is 0 Å². The van der Waals surface area contributed by atoms with E-state index in [0.29, 0.717) is 0 Å². The van der Waals surface area contributed by atoms with Gasteiger partial charge in [-0.15, -0.1) is 11.3 Å². The van der Waals surface area contributed by atoms with Gasteiger partial charge in [0.1, 0.15) is 0 Å². The minimum absolute atomic E-state index is 0.822. The summed E-state index contributed by atoms with van der Waals surface area (Å²) in [5.41, 5.74) is 3.08.